The van der Waals surface area contributed by atoms with E-state index in [0.717, 1.165) is 51.6 Å². The maximum Gasteiger partial charge on any atom is 0.306 e. The van der Waals surface area contributed by atoms with Gasteiger partial charge in [0.2, 0.25) is 5.91 Å². The van der Waals surface area contributed by atoms with Crippen molar-refractivity contribution in [1.29, 1.82) is 0 Å². The van der Waals surface area contributed by atoms with Crippen LogP contribution in [0.4, 0.5) is 0 Å². The predicted octanol–water partition coefficient (Wildman–Crippen LogP) is 1.87. The summed E-state index contributed by atoms with van der Waals surface area (Å²) in [4.78, 5) is 24.9. The minimum absolute atomic E-state index is 0.161. The predicted molar refractivity (Wildman–Crippen MR) is 78.5 cm³/mol. The topological polar surface area (TPSA) is 69.6 Å². The Hall–Kier alpha value is -1.10. The van der Waals surface area contributed by atoms with Gasteiger partial charge in [-0.3, -0.25) is 9.59 Å². The van der Waals surface area contributed by atoms with Gasteiger partial charge in [0.15, 0.2) is 0 Å². The second-order valence-corrected chi connectivity index (χ2v) is 5.65. The van der Waals surface area contributed by atoms with Crippen LogP contribution in [0.15, 0.2) is 0 Å². The molecule has 0 aromatic carbocycles. The molecule has 0 spiro atoms. The van der Waals surface area contributed by atoms with Crippen molar-refractivity contribution in [2.75, 3.05) is 19.6 Å². The minimum atomic E-state index is -0.684. The Kier molecular flexibility index (Phi) is 7.59. The minimum Gasteiger partial charge on any atom is -0.481 e. The first-order chi connectivity index (χ1) is 9.58. The van der Waals surface area contributed by atoms with E-state index in [2.05, 4.69) is 19.2 Å². The van der Waals surface area contributed by atoms with Crippen molar-refractivity contribution in [3.05, 3.63) is 0 Å². The van der Waals surface area contributed by atoms with Gasteiger partial charge in [-0.15, -0.1) is 0 Å². The molecule has 0 bridgehead atoms. The molecule has 0 aromatic rings. The van der Waals surface area contributed by atoms with E-state index in [0.29, 0.717) is 12.6 Å². The number of hydrogen-bond donors (Lipinski definition) is 2. The molecule has 1 aliphatic carbocycles. The van der Waals surface area contributed by atoms with Crippen molar-refractivity contribution in [3.8, 4) is 0 Å². The van der Waals surface area contributed by atoms with E-state index in [4.69, 9.17) is 5.11 Å². The average Bonchev–Trinajstić information content (AvgIpc) is 2.45. The molecule has 5 nitrogen and oxygen atoms in total. The highest BCUT2D eigenvalue weighted by Crippen LogP contribution is 2.24. The fraction of sp³-hybridized carbons (Fsp3) is 0.867. The van der Waals surface area contributed by atoms with Crippen molar-refractivity contribution in [2.45, 2.75) is 58.4 Å². The Bertz CT molecular complexity index is 306. The summed E-state index contributed by atoms with van der Waals surface area (Å²) in [5, 5.41) is 12.2. The molecular weight excluding hydrogens is 256 g/mol. The van der Waals surface area contributed by atoms with E-state index in [1.54, 1.807) is 0 Å². The van der Waals surface area contributed by atoms with Gasteiger partial charge in [-0.1, -0.05) is 13.8 Å². The molecule has 5 heteroatoms. The van der Waals surface area contributed by atoms with Crippen molar-refractivity contribution in [1.82, 2.24) is 10.2 Å². The van der Waals surface area contributed by atoms with E-state index < -0.39 is 5.97 Å². The lowest BCUT2D eigenvalue weighted by Crippen LogP contribution is -2.43. The molecule has 0 saturated heterocycles. The summed E-state index contributed by atoms with van der Waals surface area (Å²) in [7, 11) is 0. The van der Waals surface area contributed by atoms with Crippen LogP contribution in [0.25, 0.3) is 0 Å². The number of amides is 1. The zero-order chi connectivity index (χ0) is 15.0. The van der Waals surface area contributed by atoms with E-state index >= 15 is 0 Å². The summed E-state index contributed by atoms with van der Waals surface area (Å²) < 4.78 is 0. The van der Waals surface area contributed by atoms with Gasteiger partial charge in [-0.05, 0) is 38.5 Å². The van der Waals surface area contributed by atoms with Gasteiger partial charge in [0.25, 0.3) is 0 Å². The van der Waals surface area contributed by atoms with Crippen molar-refractivity contribution in [3.63, 3.8) is 0 Å². The second-order valence-electron chi connectivity index (χ2n) is 5.65. The van der Waals surface area contributed by atoms with Crippen LogP contribution in [0.2, 0.25) is 0 Å². The maximum atomic E-state index is 12.1. The lowest BCUT2D eigenvalue weighted by molar-refractivity contribution is -0.143. The van der Waals surface area contributed by atoms with Crippen molar-refractivity contribution in [2.24, 2.45) is 5.92 Å². The second kappa shape index (κ2) is 8.95. The Morgan fingerprint density at radius 3 is 2.10 bits per heavy atom. The summed E-state index contributed by atoms with van der Waals surface area (Å²) in [6.07, 6.45) is 5.10. The third-order valence-corrected chi connectivity index (χ3v) is 3.96. The molecule has 0 unspecified atom stereocenters. The fourth-order valence-electron chi connectivity index (χ4n) is 2.79. The molecule has 20 heavy (non-hydrogen) atoms. The summed E-state index contributed by atoms with van der Waals surface area (Å²) in [6.45, 7) is 6.18. The number of nitrogens with zero attached hydrogens (tertiary/aromatic N) is 1. The number of hydrogen-bond acceptors (Lipinski definition) is 3. The van der Waals surface area contributed by atoms with Crippen LogP contribution in [-0.2, 0) is 9.59 Å². The summed E-state index contributed by atoms with van der Waals surface area (Å²) in [5.74, 6) is -0.717. The SMILES string of the molecule is CCCN(CCC)C(=O)CNC1CCC(C(=O)O)CC1. The highest BCUT2D eigenvalue weighted by atomic mass is 16.4. The van der Waals surface area contributed by atoms with Gasteiger partial charge in [0.1, 0.15) is 0 Å². The van der Waals surface area contributed by atoms with Crippen LogP contribution < -0.4 is 5.32 Å². The van der Waals surface area contributed by atoms with Gasteiger partial charge >= 0.3 is 5.97 Å². The van der Waals surface area contributed by atoms with Gasteiger partial charge in [-0.25, -0.2) is 0 Å². The monoisotopic (exact) mass is 284 g/mol. The number of carboxylic acids is 1. The molecule has 1 amide bonds. The number of carboxylic acid groups (broad SMARTS) is 1. The van der Waals surface area contributed by atoms with Gasteiger partial charge < -0.3 is 15.3 Å². The largest absolute Gasteiger partial charge is 0.481 e. The van der Waals surface area contributed by atoms with Crippen molar-refractivity contribution >= 4 is 11.9 Å². The molecule has 116 valence electrons. The molecule has 1 rings (SSSR count). The quantitative estimate of drug-likeness (QED) is 0.714. The molecule has 2 N–H and O–H groups in total. The molecule has 0 aromatic heterocycles. The van der Waals surface area contributed by atoms with E-state index in [9.17, 15) is 9.59 Å². The number of carbonyl (C=O) groups excluding carboxylic acids is 1. The van der Waals surface area contributed by atoms with E-state index in [1.165, 1.54) is 0 Å². The number of aliphatic carboxylic acids is 1. The zero-order valence-corrected chi connectivity index (χ0v) is 12.7. The van der Waals surface area contributed by atoms with Crippen LogP contribution in [0.1, 0.15) is 52.4 Å². The molecule has 1 fully saturated rings. The van der Waals surface area contributed by atoms with Gasteiger partial charge in [-0.2, -0.15) is 0 Å². The molecule has 0 radical (unpaired) electrons. The first-order valence-electron chi connectivity index (χ1n) is 7.82. The zero-order valence-electron chi connectivity index (χ0n) is 12.7. The van der Waals surface area contributed by atoms with Gasteiger partial charge in [0, 0.05) is 19.1 Å². The van der Waals surface area contributed by atoms with Crippen LogP contribution in [0, 0.1) is 5.92 Å². The Labute approximate surface area is 121 Å². The Morgan fingerprint density at radius 1 is 1.10 bits per heavy atom. The Balaban J connectivity index is 2.29. The first-order valence-corrected chi connectivity index (χ1v) is 7.82. The van der Waals surface area contributed by atoms with Crippen LogP contribution >= 0.6 is 0 Å². The van der Waals surface area contributed by atoms with E-state index in [-0.39, 0.29) is 11.8 Å². The standard InChI is InChI=1S/C15H28N2O3/c1-3-9-17(10-4-2)14(18)11-16-13-7-5-12(6-8-13)15(19)20/h12-13,16H,3-11H2,1-2H3,(H,19,20). The van der Waals surface area contributed by atoms with Gasteiger partial charge in [0.05, 0.1) is 12.5 Å². The fourth-order valence-corrected chi connectivity index (χ4v) is 2.79. The third kappa shape index (κ3) is 5.49. The van der Waals surface area contributed by atoms with E-state index in [1.807, 2.05) is 4.90 Å². The normalized spacial score (nSPS) is 22.5. The highest BCUT2D eigenvalue weighted by Gasteiger charge is 2.26. The molecule has 1 aliphatic rings. The van der Waals surface area contributed by atoms with Crippen molar-refractivity contribution < 1.29 is 14.7 Å². The third-order valence-electron chi connectivity index (χ3n) is 3.96. The lowest BCUT2D eigenvalue weighted by Gasteiger charge is -2.28. The molecule has 0 aliphatic heterocycles. The number of carbonyl (C=O) groups is 2. The summed E-state index contributed by atoms with van der Waals surface area (Å²) in [6, 6.07) is 0.291. The molecular formula is C15H28N2O3. The lowest BCUT2D eigenvalue weighted by atomic mass is 9.86. The van der Waals surface area contributed by atoms with Crippen LogP contribution in [-0.4, -0.2) is 47.6 Å². The Morgan fingerprint density at radius 2 is 1.65 bits per heavy atom. The summed E-state index contributed by atoms with van der Waals surface area (Å²) in [5.41, 5.74) is 0. The molecule has 0 atom stereocenters. The first kappa shape index (κ1) is 17.0. The highest BCUT2D eigenvalue weighted by molar-refractivity contribution is 5.78. The summed E-state index contributed by atoms with van der Waals surface area (Å²) >= 11 is 0. The smallest absolute Gasteiger partial charge is 0.306 e. The molecule has 1 saturated carbocycles. The molecule has 0 heterocycles. The van der Waals surface area contributed by atoms with Crippen LogP contribution in [0.5, 0.6) is 0 Å². The number of rotatable bonds is 8. The van der Waals surface area contributed by atoms with Crippen LogP contribution in [0.3, 0.4) is 0 Å². The maximum absolute atomic E-state index is 12.1. The average molecular weight is 284 g/mol. The number of nitrogens with one attached hydrogen (secondary N) is 1.